The van der Waals surface area contributed by atoms with Crippen molar-refractivity contribution >= 4 is 17.4 Å². The molecule has 0 aliphatic heterocycles. The molecule has 0 unspecified atom stereocenters. The van der Waals surface area contributed by atoms with Gasteiger partial charge in [-0.05, 0) is 48.4 Å². The number of benzene rings is 2. The molecule has 0 atom stereocenters. The number of nitrogens with one attached hydrogen (secondary N) is 2. The van der Waals surface area contributed by atoms with E-state index < -0.39 is 0 Å². The Labute approximate surface area is 155 Å². The smallest absolute Gasteiger partial charge is 0.275 e. The van der Waals surface area contributed by atoms with E-state index in [1.54, 1.807) is 36.4 Å². The lowest BCUT2D eigenvalue weighted by atomic mass is 10.1. The number of carbonyl (C=O) groups is 1. The van der Waals surface area contributed by atoms with E-state index in [2.05, 4.69) is 20.6 Å². The fraction of sp³-hybridized carbons (Fsp3) is 0.100. The first-order chi connectivity index (χ1) is 13.1. The Morgan fingerprint density at radius 2 is 1.78 bits per heavy atom. The van der Waals surface area contributed by atoms with Gasteiger partial charge < -0.3 is 10.6 Å². The number of nitrogens with zero attached hydrogens (tertiary/aromatic N) is 3. The summed E-state index contributed by atoms with van der Waals surface area (Å²) in [6.07, 6.45) is 3.58. The van der Waals surface area contributed by atoms with E-state index in [1.165, 1.54) is 24.5 Å². The molecule has 2 N–H and O–H groups in total. The zero-order chi connectivity index (χ0) is 19.1. The maximum Gasteiger partial charge on any atom is 0.275 e. The third-order valence-electron chi connectivity index (χ3n) is 3.79. The number of halogens is 1. The first-order valence-corrected chi connectivity index (χ1v) is 8.26. The largest absolute Gasteiger partial charge is 0.368 e. The summed E-state index contributed by atoms with van der Waals surface area (Å²) < 4.78 is 12.9. The molecule has 0 radical (unpaired) electrons. The molecule has 134 valence electrons. The standard InChI is InChI=1S/C20H16FN5O/c21-16-5-1-14(2-6-16)9-10-23-19-13-24-18(12-25-19)20(27)26-17-7-3-15(11-22)4-8-17/h1-8,12-13H,9-10H2,(H,23,25)(H,26,27). The average Bonchev–Trinajstić information content (AvgIpc) is 2.70. The van der Waals surface area contributed by atoms with Gasteiger partial charge in [0.05, 0.1) is 24.0 Å². The van der Waals surface area contributed by atoms with Gasteiger partial charge in [-0.1, -0.05) is 12.1 Å². The molecule has 0 saturated carbocycles. The minimum atomic E-state index is -0.384. The maximum absolute atomic E-state index is 12.9. The van der Waals surface area contributed by atoms with E-state index in [9.17, 15) is 9.18 Å². The molecule has 0 fully saturated rings. The van der Waals surface area contributed by atoms with Crippen molar-refractivity contribution in [2.24, 2.45) is 0 Å². The highest BCUT2D eigenvalue weighted by atomic mass is 19.1. The molecule has 3 rings (SSSR count). The molecule has 3 aromatic rings. The Hall–Kier alpha value is -3.79. The maximum atomic E-state index is 12.9. The molecule has 0 aliphatic carbocycles. The highest BCUT2D eigenvalue weighted by Gasteiger charge is 2.08. The minimum absolute atomic E-state index is 0.184. The molecule has 0 aliphatic rings. The van der Waals surface area contributed by atoms with Gasteiger partial charge in [-0.25, -0.2) is 14.4 Å². The molecule has 1 amide bonds. The lowest BCUT2D eigenvalue weighted by Gasteiger charge is -2.07. The molecule has 2 aromatic carbocycles. The molecule has 1 heterocycles. The first-order valence-electron chi connectivity index (χ1n) is 8.26. The Morgan fingerprint density at radius 3 is 2.41 bits per heavy atom. The van der Waals surface area contributed by atoms with Gasteiger partial charge >= 0.3 is 0 Å². The summed E-state index contributed by atoms with van der Waals surface area (Å²) in [5.41, 5.74) is 2.28. The lowest BCUT2D eigenvalue weighted by Crippen LogP contribution is -2.15. The molecule has 0 spiro atoms. The number of amides is 1. The molecular formula is C20H16FN5O. The van der Waals surface area contributed by atoms with Crippen LogP contribution in [0.3, 0.4) is 0 Å². The molecule has 6 nitrogen and oxygen atoms in total. The predicted octanol–water partition coefficient (Wildman–Crippen LogP) is 3.39. The normalized spacial score (nSPS) is 10.1. The van der Waals surface area contributed by atoms with Crippen molar-refractivity contribution in [3.63, 3.8) is 0 Å². The van der Waals surface area contributed by atoms with Crippen molar-refractivity contribution in [3.8, 4) is 6.07 Å². The minimum Gasteiger partial charge on any atom is -0.368 e. The van der Waals surface area contributed by atoms with Gasteiger partial charge in [0.15, 0.2) is 0 Å². The van der Waals surface area contributed by atoms with E-state index in [4.69, 9.17) is 5.26 Å². The van der Waals surface area contributed by atoms with Crippen LogP contribution in [0.4, 0.5) is 15.9 Å². The zero-order valence-corrected chi connectivity index (χ0v) is 14.3. The van der Waals surface area contributed by atoms with Crippen LogP contribution in [-0.4, -0.2) is 22.4 Å². The van der Waals surface area contributed by atoms with Crippen molar-refractivity contribution in [3.05, 3.63) is 83.6 Å². The van der Waals surface area contributed by atoms with E-state index in [1.807, 2.05) is 6.07 Å². The highest BCUT2D eigenvalue weighted by molar-refractivity contribution is 6.02. The Balaban J connectivity index is 1.52. The highest BCUT2D eigenvalue weighted by Crippen LogP contribution is 2.11. The van der Waals surface area contributed by atoms with Crippen molar-refractivity contribution < 1.29 is 9.18 Å². The number of hydrogen-bond donors (Lipinski definition) is 2. The Kier molecular flexibility index (Phi) is 5.70. The monoisotopic (exact) mass is 361 g/mol. The lowest BCUT2D eigenvalue weighted by molar-refractivity contribution is 0.102. The Morgan fingerprint density at radius 1 is 1.04 bits per heavy atom. The summed E-state index contributed by atoms with van der Waals surface area (Å²) in [7, 11) is 0. The second-order valence-corrected chi connectivity index (χ2v) is 5.73. The number of hydrogen-bond acceptors (Lipinski definition) is 5. The average molecular weight is 361 g/mol. The van der Waals surface area contributed by atoms with Crippen LogP contribution in [-0.2, 0) is 6.42 Å². The fourth-order valence-corrected chi connectivity index (χ4v) is 2.35. The first kappa shape index (κ1) is 18.0. The van der Waals surface area contributed by atoms with E-state index in [0.717, 1.165) is 5.56 Å². The van der Waals surface area contributed by atoms with Gasteiger partial charge in [-0.15, -0.1) is 0 Å². The van der Waals surface area contributed by atoms with Crippen molar-refractivity contribution in [1.29, 1.82) is 5.26 Å². The van der Waals surface area contributed by atoms with Gasteiger partial charge in [-0.2, -0.15) is 5.26 Å². The summed E-state index contributed by atoms with van der Waals surface area (Å²) in [6, 6.07) is 14.9. The van der Waals surface area contributed by atoms with Crippen LogP contribution in [0.25, 0.3) is 0 Å². The van der Waals surface area contributed by atoms with E-state index in [-0.39, 0.29) is 17.4 Å². The van der Waals surface area contributed by atoms with Gasteiger partial charge in [0.25, 0.3) is 5.91 Å². The van der Waals surface area contributed by atoms with Crippen LogP contribution in [0.15, 0.2) is 60.9 Å². The molecule has 7 heteroatoms. The predicted molar refractivity (Wildman–Crippen MR) is 99.7 cm³/mol. The van der Waals surface area contributed by atoms with E-state index in [0.29, 0.717) is 30.0 Å². The fourth-order valence-electron chi connectivity index (χ4n) is 2.35. The molecule has 0 saturated heterocycles. The summed E-state index contributed by atoms with van der Waals surface area (Å²) in [6.45, 7) is 0.608. The third-order valence-corrected chi connectivity index (χ3v) is 3.79. The van der Waals surface area contributed by atoms with Crippen molar-refractivity contribution in [1.82, 2.24) is 9.97 Å². The quantitative estimate of drug-likeness (QED) is 0.702. The van der Waals surface area contributed by atoms with Crippen LogP contribution in [0, 0.1) is 17.1 Å². The van der Waals surface area contributed by atoms with Gasteiger partial charge in [-0.3, -0.25) is 4.79 Å². The Bertz CT molecular complexity index is 948. The SMILES string of the molecule is N#Cc1ccc(NC(=O)c2cnc(NCCc3ccc(F)cc3)cn2)cc1. The van der Waals surface area contributed by atoms with Crippen molar-refractivity contribution in [2.45, 2.75) is 6.42 Å². The van der Waals surface area contributed by atoms with Crippen LogP contribution in [0.2, 0.25) is 0 Å². The van der Waals surface area contributed by atoms with Crippen LogP contribution >= 0.6 is 0 Å². The number of rotatable bonds is 6. The second kappa shape index (κ2) is 8.54. The summed E-state index contributed by atoms with van der Waals surface area (Å²) >= 11 is 0. The number of nitriles is 1. The van der Waals surface area contributed by atoms with E-state index >= 15 is 0 Å². The summed E-state index contributed by atoms with van der Waals surface area (Å²) in [5.74, 6) is -0.0930. The zero-order valence-electron chi connectivity index (χ0n) is 14.3. The molecule has 27 heavy (non-hydrogen) atoms. The van der Waals surface area contributed by atoms with Crippen LogP contribution in [0.1, 0.15) is 21.6 Å². The number of anilines is 2. The number of aromatic nitrogens is 2. The summed E-state index contributed by atoms with van der Waals surface area (Å²) in [4.78, 5) is 20.5. The van der Waals surface area contributed by atoms with Crippen LogP contribution < -0.4 is 10.6 Å². The molecule has 1 aromatic heterocycles. The van der Waals surface area contributed by atoms with Gasteiger partial charge in [0.1, 0.15) is 17.3 Å². The topological polar surface area (TPSA) is 90.7 Å². The molecule has 0 bridgehead atoms. The molecular weight excluding hydrogens is 345 g/mol. The van der Waals surface area contributed by atoms with Gasteiger partial charge in [0, 0.05) is 12.2 Å². The van der Waals surface area contributed by atoms with Gasteiger partial charge in [0.2, 0.25) is 0 Å². The van der Waals surface area contributed by atoms with Crippen molar-refractivity contribution in [2.75, 3.05) is 17.2 Å². The summed E-state index contributed by atoms with van der Waals surface area (Å²) in [5, 5.41) is 14.6. The number of carbonyl (C=O) groups excluding carboxylic acids is 1. The third kappa shape index (κ3) is 5.09. The second-order valence-electron chi connectivity index (χ2n) is 5.73. The van der Waals surface area contributed by atoms with Crippen LogP contribution in [0.5, 0.6) is 0 Å².